The molecule has 10 heteroatoms. The minimum atomic E-state index is -0.967. The van der Waals surface area contributed by atoms with E-state index in [9.17, 15) is 19.2 Å². The number of benzene rings is 3. The van der Waals surface area contributed by atoms with Gasteiger partial charge in [-0.1, -0.05) is 55.0 Å². The highest BCUT2D eigenvalue weighted by Gasteiger charge is 2.21. The van der Waals surface area contributed by atoms with E-state index in [4.69, 9.17) is 28.4 Å². The van der Waals surface area contributed by atoms with E-state index >= 15 is 0 Å². The third-order valence-electron chi connectivity index (χ3n) is 7.72. The molecule has 10 nitrogen and oxygen atoms in total. The number of carbonyl (C=O) groups excluding carboxylic acids is 4. The van der Waals surface area contributed by atoms with Gasteiger partial charge in [0, 0.05) is 23.3 Å². The Kier molecular flexibility index (Phi) is 21.9. The first-order valence-electron chi connectivity index (χ1n) is 19.0. The van der Waals surface area contributed by atoms with E-state index in [0.29, 0.717) is 33.8 Å². The van der Waals surface area contributed by atoms with Gasteiger partial charge in [0.05, 0.1) is 12.8 Å². The summed E-state index contributed by atoms with van der Waals surface area (Å²) in [5.41, 5.74) is 3.27. The zero-order valence-electron chi connectivity index (χ0n) is 34.9. The molecule has 2 atom stereocenters. The van der Waals surface area contributed by atoms with Crippen LogP contribution in [0.1, 0.15) is 41.7 Å². The lowest BCUT2D eigenvalue weighted by Crippen LogP contribution is -2.31. The van der Waals surface area contributed by atoms with Gasteiger partial charge in [0.2, 0.25) is 0 Å². The van der Waals surface area contributed by atoms with Gasteiger partial charge < -0.3 is 28.4 Å². The first-order chi connectivity index (χ1) is 30.6. The van der Waals surface area contributed by atoms with E-state index in [-0.39, 0.29) is 39.3 Å². The van der Waals surface area contributed by atoms with Crippen molar-refractivity contribution >= 4 is 23.9 Å². The maximum atomic E-state index is 13.2. The Morgan fingerprint density at radius 3 is 1.38 bits per heavy atom. The summed E-state index contributed by atoms with van der Waals surface area (Å²) in [7, 11) is 0. The van der Waals surface area contributed by atoms with Crippen molar-refractivity contribution in [1.29, 1.82) is 0 Å². The molecule has 0 N–H and O–H groups in total. The Bertz CT molecular complexity index is 2670. The third-order valence-corrected chi connectivity index (χ3v) is 7.72. The predicted molar refractivity (Wildman–Crippen MR) is 236 cm³/mol. The fourth-order valence-electron chi connectivity index (χ4n) is 4.73. The minimum Gasteiger partial charge on any atom is -0.490 e. The van der Waals surface area contributed by atoms with Gasteiger partial charge in [-0.15, -0.1) is 0 Å². The van der Waals surface area contributed by atoms with Crippen LogP contribution in [0.3, 0.4) is 0 Å². The molecule has 0 radical (unpaired) electrons. The third kappa shape index (κ3) is 20.6. The molecule has 0 spiro atoms. The average Bonchev–Trinajstić information content (AvgIpc) is 3.29. The van der Waals surface area contributed by atoms with Gasteiger partial charge in [0.25, 0.3) is 0 Å². The fourth-order valence-corrected chi connectivity index (χ4v) is 4.73. The van der Waals surface area contributed by atoms with Gasteiger partial charge in [-0.3, -0.25) is 9.59 Å². The number of rotatable bonds is 18. The molecule has 0 bridgehead atoms. The van der Waals surface area contributed by atoms with Crippen LogP contribution in [0.4, 0.5) is 0 Å². The molecule has 0 aliphatic carbocycles. The number of carbonyl (C=O) groups is 4. The van der Waals surface area contributed by atoms with E-state index in [1.807, 2.05) is 6.92 Å². The Balaban J connectivity index is 1.62. The zero-order chi connectivity index (χ0) is 45.5. The maximum absolute atomic E-state index is 13.2. The highest BCUT2D eigenvalue weighted by Crippen LogP contribution is 2.17. The smallest absolute Gasteiger partial charge is 0.330 e. The highest BCUT2D eigenvalue weighted by molar-refractivity contribution is 5.81. The van der Waals surface area contributed by atoms with Crippen molar-refractivity contribution in [3.63, 3.8) is 0 Å². The lowest BCUT2D eigenvalue weighted by Gasteiger charge is -2.19. The molecule has 0 amide bonds. The standard InChI is InChI=1S/C53H40O10/c1-6-10-12-14-16-18-20-22-42-26-30-46(31-27-42)58-37-48(39-60-50(54)8-3)62-52(56)35-44-25-24-41(5)45(34-44)36-53(57)63-49(40-61-51(55)9-4)38-59-47-32-28-43(29-33-47)23-21-19-17-15-13-11-7-2/h8-9,24-34,48-49H,3-4,35-40H2,1-2,5H3. The molecule has 63 heavy (non-hydrogen) atoms. The quantitative estimate of drug-likeness (QED) is 0.0724. The van der Waals surface area contributed by atoms with Crippen molar-refractivity contribution in [2.24, 2.45) is 0 Å². The zero-order valence-corrected chi connectivity index (χ0v) is 34.9. The summed E-state index contributed by atoms with van der Waals surface area (Å²) in [6.07, 6.45) is -0.273. The molecule has 2 unspecified atom stereocenters. The SMILES string of the molecule is C=CC(=O)OCC(COc1ccc(C#CC#CC#CC#CC)cc1)OC(=O)Cc1ccc(C)c(CC(=O)OC(COC(=O)C=C)COc2ccc(C#CC#CC#CC#CC)cc2)c1. The van der Waals surface area contributed by atoms with Crippen LogP contribution in [-0.4, -0.2) is 62.5 Å². The molecule has 0 aliphatic heterocycles. The molecule has 0 aliphatic rings. The second-order valence-corrected chi connectivity index (χ2v) is 12.4. The number of esters is 4. The molecule has 0 saturated carbocycles. The molecule has 3 aromatic carbocycles. The summed E-state index contributed by atoms with van der Waals surface area (Å²) in [6, 6.07) is 18.8. The molecule has 0 aromatic heterocycles. The van der Waals surface area contributed by atoms with Gasteiger partial charge in [-0.25, -0.2) is 9.59 Å². The summed E-state index contributed by atoms with van der Waals surface area (Å²) in [5, 5.41) is 0. The summed E-state index contributed by atoms with van der Waals surface area (Å²) in [6.45, 7) is 11.1. The van der Waals surface area contributed by atoms with Crippen LogP contribution in [0.5, 0.6) is 11.5 Å². The minimum absolute atomic E-state index is 0.133. The van der Waals surface area contributed by atoms with E-state index in [1.165, 1.54) is 0 Å². The molecule has 0 heterocycles. The van der Waals surface area contributed by atoms with Crippen LogP contribution in [0.2, 0.25) is 0 Å². The van der Waals surface area contributed by atoms with Gasteiger partial charge >= 0.3 is 23.9 Å². The molecule has 0 saturated heterocycles. The highest BCUT2D eigenvalue weighted by atomic mass is 16.6. The van der Waals surface area contributed by atoms with Crippen LogP contribution in [-0.2, 0) is 51.0 Å². The van der Waals surface area contributed by atoms with Crippen molar-refractivity contribution in [3.8, 4) is 106 Å². The summed E-state index contributed by atoms with van der Waals surface area (Å²) in [4.78, 5) is 50.0. The van der Waals surface area contributed by atoms with Crippen molar-refractivity contribution < 1.29 is 47.6 Å². The number of hydrogen-bond acceptors (Lipinski definition) is 10. The van der Waals surface area contributed by atoms with Crippen molar-refractivity contribution in [1.82, 2.24) is 0 Å². The molecule has 3 aromatic rings. The van der Waals surface area contributed by atoms with Gasteiger partial charge in [0.1, 0.15) is 37.9 Å². The molecule has 3 rings (SSSR count). The Hall–Kier alpha value is -8.90. The van der Waals surface area contributed by atoms with Gasteiger partial charge in [-0.2, -0.15) is 0 Å². The number of aryl methyl sites for hydroxylation is 1. The van der Waals surface area contributed by atoms with Crippen LogP contribution in [0.15, 0.2) is 92.0 Å². The summed E-state index contributed by atoms with van der Waals surface area (Å²) < 4.78 is 33.3. The van der Waals surface area contributed by atoms with Crippen LogP contribution < -0.4 is 9.47 Å². The van der Waals surface area contributed by atoms with Crippen LogP contribution >= 0.6 is 0 Å². The first-order valence-corrected chi connectivity index (χ1v) is 19.0. The van der Waals surface area contributed by atoms with Crippen molar-refractivity contribution in [3.05, 3.63) is 120 Å². The lowest BCUT2D eigenvalue weighted by molar-refractivity contribution is -0.158. The maximum Gasteiger partial charge on any atom is 0.330 e. The fraction of sp³-hybridized carbons (Fsp3) is 0.208. The second kappa shape index (κ2) is 28.5. The predicted octanol–water partition coefficient (Wildman–Crippen LogP) is 5.28. The Morgan fingerprint density at radius 2 is 0.952 bits per heavy atom. The number of ether oxygens (including phenoxy) is 6. The Morgan fingerprint density at radius 1 is 0.540 bits per heavy atom. The average molecular weight is 837 g/mol. The first kappa shape index (κ1) is 48.5. The molecule has 0 fully saturated rings. The second-order valence-electron chi connectivity index (χ2n) is 12.4. The largest absolute Gasteiger partial charge is 0.490 e. The summed E-state index contributed by atoms with van der Waals surface area (Å²) in [5.74, 6) is 40.7. The van der Waals surface area contributed by atoms with Crippen molar-refractivity contribution in [2.45, 2.75) is 45.8 Å². The monoisotopic (exact) mass is 836 g/mol. The van der Waals surface area contributed by atoms with Gasteiger partial charge in [-0.05, 0) is 157 Å². The van der Waals surface area contributed by atoms with Crippen LogP contribution in [0.25, 0.3) is 0 Å². The van der Waals surface area contributed by atoms with Gasteiger partial charge in [0.15, 0.2) is 12.2 Å². The lowest BCUT2D eigenvalue weighted by atomic mass is 10.0. The van der Waals surface area contributed by atoms with E-state index in [0.717, 1.165) is 17.7 Å². The topological polar surface area (TPSA) is 124 Å². The Labute approximate surface area is 368 Å². The van der Waals surface area contributed by atoms with E-state index in [2.05, 4.69) is 108 Å². The van der Waals surface area contributed by atoms with Crippen molar-refractivity contribution in [2.75, 3.05) is 26.4 Å². The normalized spacial score (nSPS) is 9.76. The van der Waals surface area contributed by atoms with E-state index in [1.54, 1.807) is 80.6 Å². The van der Waals surface area contributed by atoms with Crippen LogP contribution in [0, 0.1) is 102 Å². The molecular weight excluding hydrogens is 797 g/mol. The molecular formula is C53H40O10. The number of hydrogen-bond donors (Lipinski definition) is 0. The summed E-state index contributed by atoms with van der Waals surface area (Å²) >= 11 is 0. The van der Waals surface area contributed by atoms with E-state index < -0.39 is 36.1 Å². The molecule has 312 valence electrons.